The van der Waals surface area contributed by atoms with Gasteiger partial charge in [-0.1, -0.05) is 66.2 Å². The third kappa shape index (κ3) is 5.82. The Morgan fingerprint density at radius 3 is 2.34 bits per heavy atom. The predicted molar refractivity (Wildman–Crippen MR) is 142 cm³/mol. The first kappa shape index (κ1) is 24.7. The van der Waals surface area contributed by atoms with E-state index in [-0.39, 0.29) is 23.5 Å². The predicted octanol–water partition coefficient (Wildman–Crippen LogP) is 6.89. The SMILES string of the molecule is C[C@H](NC(c1ccccc1)C(C)(C)n1cccn1)[C@@H](Cc1ccc(Cl)cc1)c1cccc(C#N)c1. The molecule has 3 atom stereocenters. The molecule has 0 aliphatic carbocycles. The highest BCUT2D eigenvalue weighted by Gasteiger charge is 2.35. The summed E-state index contributed by atoms with van der Waals surface area (Å²) in [4.78, 5) is 0. The molecule has 0 radical (unpaired) electrons. The van der Waals surface area contributed by atoms with E-state index >= 15 is 0 Å². The van der Waals surface area contributed by atoms with Crippen LogP contribution in [0.3, 0.4) is 0 Å². The van der Waals surface area contributed by atoms with Gasteiger partial charge in [0.1, 0.15) is 0 Å². The second-order valence-corrected chi connectivity index (χ2v) is 10.0. The molecule has 0 bridgehead atoms. The summed E-state index contributed by atoms with van der Waals surface area (Å²) in [6.45, 7) is 6.65. The number of hydrogen-bond donors (Lipinski definition) is 1. The number of hydrogen-bond acceptors (Lipinski definition) is 3. The Hall–Kier alpha value is -3.39. The molecule has 178 valence electrons. The number of nitrogens with one attached hydrogen (secondary N) is 1. The van der Waals surface area contributed by atoms with Crippen molar-refractivity contribution in [3.05, 3.63) is 125 Å². The third-order valence-corrected chi connectivity index (χ3v) is 7.03. The lowest BCUT2D eigenvalue weighted by Crippen LogP contribution is -2.47. The molecule has 1 unspecified atom stereocenters. The van der Waals surface area contributed by atoms with Gasteiger partial charge in [0.2, 0.25) is 0 Å². The van der Waals surface area contributed by atoms with Crippen LogP contribution in [0.25, 0.3) is 0 Å². The second-order valence-electron chi connectivity index (χ2n) is 9.58. The average Bonchev–Trinajstić information content (AvgIpc) is 3.43. The summed E-state index contributed by atoms with van der Waals surface area (Å²) in [6.07, 6.45) is 4.66. The van der Waals surface area contributed by atoms with E-state index in [0.717, 1.165) is 17.0 Å². The van der Waals surface area contributed by atoms with Gasteiger partial charge in [-0.15, -0.1) is 0 Å². The molecule has 0 aliphatic heterocycles. The lowest BCUT2D eigenvalue weighted by atomic mass is 9.83. The molecule has 4 rings (SSSR count). The fourth-order valence-corrected chi connectivity index (χ4v) is 4.90. The number of nitriles is 1. The molecule has 3 aromatic carbocycles. The fraction of sp³-hybridized carbons (Fsp3) is 0.267. The maximum atomic E-state index is 9.52. The molecule has 1 N–H and O–H groups in total. The fourth-order valence-electron chi connectivity index (χ4n) is 4.77. The van der Waals surface area contributed by atoms with Crippen LogP contribution >= 0.6 is 11.6 Å². The Kier molecular flexibility index (Phi) is 7.70. The molecule has 35 heavy (non-hydrogen) atoms. The maximum Gasteiger partial charge on any atom is 0.0991 e. The summed E-state index contributed by atoms with van der Waals surface area (Å²) < 4.78 is 2.02. The quantitative estimate of drug-likeness (QED) is 0.282. The number of benzene rings is 3. The minimum Gasteiger partial charge on any atom is -0.305 e. The van der Waals surface area contributed by atoms with Gasteiger partial charge in [-0.05, 0) is 74.2 Å². The molecular formula is C30H31ClN4. The summed E-state index contributed by atoms with van der Waals surface area (Å²) in [5, 5.41) is 18.8. The minimum absolute atomic E-state index is 0.00506. The zero-order valence-electron chi connectivity index (χ0n) is 20.4. The largest absolute Gasteiger partial charge is 0.305 e. The number of halogens is 1. The molecule has 0 aliphatic rings. The smallest absolute Gasteiger partial charge is 0.0991 e. The molecule has 0 spiro atoms. The Morgan fingerprint density at radius 2 is 1.69 bits per heavy atom. The molecule has 5 heteroatoms. The van der Waals surface area contributed by atoms with Gasteiger partial charge in [0.25, 0.3) is 0 Å². The third-order valence-electron chi connectivity index (χ3n) is 6.78. The van der Waals surface area contributed by atoms with Gasteiger partial charge < -0.3 is 5.32 Å². The van der Waals surface area contributed by atoms with Crippen molar-refractivity contribution in [2.24, 2.45) is 0 Å². The lowest BCUT2D eigenvalue weighted by Gasteiger charge is -2.39. The molecule has 0 saturated carbocycles. The molecule has 1 heterocycles. The van der Waals surface area contributed by atoms with E-state index in [9.17, 15) is 5.26 Å². The number of rotatable bonds is 9. The van der Waals surface area contributed by atoms with Crippen molar-refractivity contribution in [2.75, 3.05) is 0 Å². The van der Waals surface area contributed by atoms with Crippen LogP contribution in [0.5, 0.6) is 0 Å². The van der Waals surface area contributed by atoms with Crippen molar-refractivity contribution < 1.29 is 0 Å². The van der Waals surface area contributed by atoms with Gasteiger partial charge in [0, 0.05) is 29.4 Å². The first-order valence-corrected chi connectivity index (χ1v) is 12.3. The highest BCUT2D eigenvalue weighted by molar-refractivity contribution is 6.30. The summed E-state index contributed by atoms with van der Waals surface area (Å²) in [7, 11) is 0. The van der Waals surface area contributed by atoms with Gasteiger partial charge in [0.05, 0.1) is 23.2 Å². The van der Waals surface area contributed by atoms with Crippen molar-refractivity contribution in [1.82, 2.24) is 15.1 Å². The van der Waals surface area contributed by atoms with Gasteiger partial charge in [0.15, 0.2) is 0 Å². The van der Waals surface area contributed by atoms with E-state index < -0.39 is 0 Å². The normalized spacial score (nSPS) is 14.1. The zero-order valence-corrected chi connectivity index (χ0v) is 21.2. The zero-order chi connectivity index (χ0) is 24.8. The van der Waals surface area contributed by atoms with E-state index in [4.69, 9.17) is 11.6 Å². The summed E-state index contributed by atoms with van der Waals surface area (Å²) >= 11 is 6.15. The lowest BCUT2D eigenvalue weighted by molar-refractivity contribution is 0.201. The van der Waals surface area contributed by atoms with E-state index in [0.29, 0.717) is 5.56 Å². The molecule has 0 saturated heterocycles. The van der Waals surface area contributed by atoms with Crippen molar-refractivity contribution in [3.8, 4) is 6.07 Å². The molecule has 1 aromatic heterocycles. The van der Waals surface area contributed by atoms with Gasteiger partial charge in [-0.25, -0.2) is 0 Å². The summed E-state index contributed by atoms with van der Waals surface area (Å²) in [5.74, 6) is 0.143. The van der Waals surface area contributed by atoms with Crippen LogP contribution in [0, 0.1) is 11.3 Å². The minimum atomic E-state index is -0.321. The van der Waals surface area contributed by atoms with Crippen molar-refractivity contribution in [2.45, 2.75) is 50.7 Å². The topological polar surface area (TPSA) is 53.6 Å². The summed E-state index contributed by atoms with van der Waals surface area (Å²) in [6, 6.07) is 30.9. The Morgan fingerprint density at radius 1 is 0.971 bits per heavy atom. The number of aromatic nitrogens is 2. The molecule has 4 aromatic rings. The number of nitrogens with zero attached hydrogens (tertiary/aromatic N) is 3. The van der Waals surface area contributed by atoms with Crippen molar-refractivity contribution in [3.63, 3.8) is 0 Å². The first-order valence-electron chi connectivity index (χ1n) is 11.9. The van der Waals surface area contributed by atoms with E-state index in [1.54, 1.807) is 0 Å². The molecular weight excluding hydrogens is 452 g/mol. The molecule has 0 amide bonds. The Balaban J connectivity index is 1.71. The van der Waals surface area contributed by atoms with Crippen LogP contribution < -0.4 is 5.32 Å². The van der Waals surface area contributed by atoms with Crippen LogP contribution in [0.4, 0.5) is 0 Å². The Bertz CT molecular complexity index is 1260. The van der Waals surface area contributed by atoms with Crippen LogP contribution in [-0.2, 0) is 12.0 Å². The van der Waals surface area contributed by atoms with Crippen molar-refractivity contribution >= 4 is 11.6 Å². The highest BCUT2D eigenvalue weighted by atomic mass is 35.5. The first-order chi connectivity index (χ1) is 16.9. The summed E-state index contributed by atoms with van der Waals surface area (Å²) in [5.41, 5.74) is 3.90. The van der Waals surface area contributed by atoms with Crippen LogP contribution in [0.1, 0.15) is 55.0 Å². The van der Waals surface area contributed by atoms with Gasteiger partial charge in [-0.3, -0.25) is 4.68 Å². The van der Waals surface area contributed by atoms with E-state index in [1.807, 2.05) is 59.5 Å². The van der Waals surface area contributed by atoms with Crippen LogP contribution in [0.15, 0.2) is 97.3 Å². The maximum absolute atomic E-state index is 9.52. The van der Waals surface area contributed by atoms with Crippen LogP contribution in [-0.4, -0.2) is 15.8 Å². The Labute approximate surface area is 213 Å². The van der Waals surface area contributed by atoms with Gasteiger partial charge >= 0.3 is 0 Å². The van der Waals surface area contributed by atoms with E-state index in [1.165, 1.54) is 11.1 Å². The monoisotopic (exact) mass is 482 g/mol. The average molecular weight is 483 g/mol. The van der Waals surface area contributed by atoms with Crippen molar-refractivity contribution in [1.29, 1.82) is 5.26 Å². The highest BCUT2D eigenvalue weighted by Crippen LogP contribution is 2.35. The molecule has 0 fully saturated rings. The van der Waals surface area contributed by atoms with E-state index in [2.05, 4.69) is 79.7 Å². The van der Waals surface area contributed by atoms with Crippen LogP contribution in [0.2, 0.25) is 5.02 Å². The standard InChI is InChI=1S/C30H31ClN4/c1-22(34-29(25-10-5-4-6-11-25)30(2,3)35-18-8-17-33-35)28(20-23-13-15-27(31)16-14-23)26-12-7-9-24(19-26)21-32/h4-19,22,28-29,34H,20H2,1-3H3/t22-,28+,29?/m0/s1. The van der Waals surface area contributed by atoms with Gasteiger partial charge in [-0.2, -0.15) is 10.4 Å². The second kappa shape index (κ2) is 10.9. The molecule has 4 nitrogen and oxygen atoms in total.